The summed E-state index contributed by atoms with van der Waals surface area (Å²) in [6.45, 7) is 15.1. The van der Waals surface area contributed by atoms with Crippen LogP contribution in [0.15, 0.2) is 0 Å². The van der Waals surface area contributed by atoms with E-state index in [0.717, 1.165) is 13.0 Å². The highest BCUT2D eigenvalue weighted by Gasteiger charge is 2.27. The van der Waals surface area contributed by atoms with Gasteiger partial charge in [-0.3, -0.25) is 13.9 Å². The Morgan fingerprint density at radius 3 is 2.00 bits per heavy atom. The average molecular weight is 348 g/mol. The fourth-order valence-electron chi connectivity index (χ4n) is 1.95. The highest BCUT2D eigenvalue weighted by Crippen LogP contribution is 2.18. The Hall–Kier alpha value is -0.590. The number of hydrogen-bond donors (Lipinski definition) is 1. The molecule has 1 amide bonds. The first-order chi connectivity index (χ1) is 10.1. The summed E-state index contributed by atoms with van der Waals surface area (Å²) in [5.74, 6) is 3.74. The van der Waals surface area contributed by atoms with Crippen LogP contribution in [0.1, 0.15) is 48.0 Å². The van der Waals surface area contributed by atoms with Gasteiger partial charge < -0.3 is 4.90 Å². The molecule has 0 aliphatic heterocycles. The summed E-state index contributed by atoms with van der Waals surface area (Å²) in [7, 11) is -0.0978. The van der Waals surface area contributed by atoms with Crippen molar-refractivity contribution in [2.24, 2.45) is 5.41 Å². The second kappa shape index (κ2) is 8.49. The van der Waals surface area contributed by atoms with Crippen molar-refractivity contribution in [1.29, 1.82) is 0 Å². The van der Waals surface area contributed by atoms with E-state index in [9.17, 15) is 9.00 Å². The summed E-state index contributed by atoms with van der Waals surface area (Å²) in [5.41, 5.74) is -0.308. The zero-order chi connectivity index (χ0) is 18.5. The average Bonchev–Trinajstić information content (AvgIpc) is 2.33. The minimum atomic E-state index is -2.18. The number of rotatable bonds is 8. The molecule has 6 heteroatoms. The van der Waals surface area contributed by atoms with Gasteiger partial charge in [-0.2, -0.15) is 0 Å². The maximum Gasteiger partial charge on any atom is 0.227 e. The molecule has 0 radical (unpaired) electrons. The molecule has 0 aromatic carbocycles. The molecule has 0 fully saturated rings. The fraction of sp³-hybridized carbons (Fsp3) is 0.882. The van der Waals surface area contributed by atoms with E-state index in [1.54, 1.807) is 6.26 Å². The minimum Gasteiger partial charge on any atom is -0.341 e. The zero-order valence-electron chi connectivity index (χ0n) is 16.4. The largest absolute Gasteiger partial charge is 0.341 e. The lowest BCUT2D eigenvalue weighted by Crippen LogP contribution is -2.47. The van der Waals surface area contributed by atoms with Crippen molar-refractivity contribution in [1.82, 2.24) is 14.5 Å². The molecular formula is C17H37N3O2S. The summed E-state index contributed by atoms with van der Waals surface area (Å²) in [4.78, 5) is 16.8. The van der Waals surface area contributed by atoms with Gasteiger partial charge in [0.15, 0.2) is 0 Å². The SMILES string of the molecule is C=S(C)(=O)NCCCN(CCN(C)C(C)(C)C)C(=O)C(C)(C)C. The van der Waals surface area contributed by atoms with Gasteiger partial charge >= 0.3 is 0 Å². The first kappa shape index (κ1) is 22.4. The third-order valence-corrected chi connectivity index (χ3v) is 4.61. The Morgan fingerprint density at radius 1 is 1.09 bits per heavy atom. The topological polar surface area (TPSA) is 52.7 Å². The molecule has 1 unspecified atom stereocenters. The molecule has 0 aromatic heterocycles. The van der Waals surface area contributed by atoms with E-state index in [2.05, 4.69) is 43.3 Å². The molecular weight excluding hydrogens is 310 g/mol. The first-order valence-corrected chi connectivity index (χ1v) is 10.4. The summed E-state index contributed by atoms with van der Waals surface area (Å²) >= 11 is 0. The van der Waals surface area contributed by atoms with Crippen molar-refractivity contribution in [2.75, 3.05) is 39.5 Å². The van der Waals surface area contributed by atoms with Crippen molar-refractivity contribution in [3.63, 3.8) is 0 Å². The first-order valence-electron chi connectivity index (χ1n) is 8.22. The number of likely N-dealkylation sites (N-methyl/N-ethyl adjacent to an activating group) is 1. The third kappa shape index (κ3) is 9.99. The predicted molar refractivity (Wildman–Crippen MR) is 102 cm³/mol. The van der Waals surface area contributed by atoms with Gasteiger partial charge in [0.2, 0.25) is 5.91 Å². The number of hydrogen-bond acceptors (Lipinski definition) is 3. The Bertz CT molecular complexity index is 473. The molecule has 23 heavy (non-hydrogen) atoms. The zero-order valence-corrected chi connectivity index (χ0v) is 17.2. The maximum absolute atomic E-state index is 12.6. The maximum atomic E-state index is 12.6. The van der Waals surface area contributed by atoms with Crippen LogP contribution in [0.4, 0.5) is 0 Å². The summed E-state index contributed by atoms with van der Waals surface area (Å²) in [6, 6.07) is 0. The van der Waals surface area contributed by atoms with E-state index < -0.39 is 15.1 Å². The Kier molecular flexibility index (Phi) is 8.27. The molecule has 0 aromatic rings. The lowest BCUT2D eigenvalue weighted by atomic mass is 9.94. The van der Waals surface area contributed by atoms with Crippen LogP contribution in [0, 0.1) is 5.41 Å². The monoisotopic (exact) mass is 347 g/mol. The molecule has 0 bridgehead atoms. The molecule has 0 saturated carbocycles. The van der Waals surface area contributed by atoms with Crippen molar-refractivity contribution in [3.05, 3.63) is 0 Å². The van der Waals surface area contributed by atoms with Gasteiger partial charge in [-0.1, -0.05) is 20.8 Å². The third-order valence-electron chi connectivity index (χ3n) is 3.79. The minimum absolute atomic E-state index is 0.0830. The van der Waals surface area contributed by atoms with E-state index in [0.29, 0.717) is 19.6 Å². The van der Waals surface area contributed by atoms with Gasteiger partial charge in [0.25, 0.3) is 0 Å². The van der Waals surface area contributed by atoms with Gasteiger partial charge in [0.05, 0.1) is 0 Å². The Labute approximate surface area is 143 Å². The molecule has 0 aliphatic carbocycles. The van der Waals surface area contributed by atoms with Crippen LogP contribution in [-0.2, 0) is 14.5 Å². The van der Waals surface area contributed by atoms with Gasteiger partial charge in [-0.05, 0) is 40.1 Å². The summed E-state index contributed by atoms with van der Waals surface area (Å²) in [6.07, 6.45) is 2.35. The fourth-order valence-corrected chi connectivity index (χ4v) is 2.53. The molecule has 0 saturated heterocycles. The van der Waals surface area contributed by atoms with Crippen LogP contribution in [0.5, 0.6) is 0 Å². The van der Waals surface area contributed by atoms with Crippen molar-refractivity contribution in [2.45, 2.75) is 53.5 Å². The van der Waals surface area contributed by atoms with Gasteiger partial charge in [-0.25, -0.2) is 4.72 Å². The normalized spacial score (nSPS) is 15.5. The van der Waals surface area contributed by atoms with Gasteiger partial charge in [-0.15, -0.1) is 0 Å². The molecule has 1 atom stereocenters. The second-order valence-corrected chi connectivity index (χ2v) is 10.7. The number of nitrogens with one attached hydrogen (secondary N) is 1. The van der Waals surface area contributed by atoms with E-state index in [1.807, 2.05) is 25.7 Å². The molecule has 1 N–H and O–H groups in total. The molecule has 0 rings (SSSR count). The Morgan fingerprint density at radius 2 is 1.61 bits per heavy atom. The van der Waals surface area contributed by atoms with E-state index in [-0.39, 0.29) is 11.4 Å². The van der Waals surface area contributed by atoms with E-state index in [4.69, 9.17) is 0 Å². The van der Waals surface area contributed by atoms with Crippen LogP contribution < -0.4 is 4.72 Å². The van der Waals surface area contributed by atoms with Gasteiger partial charge in [0.1, 0.15) is 0 Å². The van der Waals surface area contributed by atoms with E-state index in [1.165, 1.54) is 0 Å². The highest BCUT2D eigenvalue weighted by atomic mass is 32.2. The summed E-state index contributed by atoms with van der Waals surface area (Å²) in [5, 5.41) is 0. The van der Waals surface area contributed by atoms with Crippen molar-refractivity contribution >= 4 is 21.5 Å². The quantitative estimate of drug-likeness (QED) is 0.538. The number of carbonyl (C=O) groups is 1. The highest BCUT2D eigenvalue weighted by molar-refractivity contribution is 7.97. The van der Waals surface area contributed by atoms with Crippen LogP contribution in [-0.4, -0.2) is 70.8 Å². The molecule has 5 nitrogen and oxygen atoms in total. The molecule has 0 aliphatic rings. The van der Waals surface area contributed by atoms with Crippen molar-refractivity contribution < 1.29 is 9.00 Å². The van der Waals surface area contributed by atoms with Crippen LogP contribution in [0.25, 0.3) is 0 Å². The predicted octanol–water partition coefficient (Wildman–Crippen LogP) is 1.83. The standard InChI is InChI=1S/C17H37N3O2S/c1-16(2,3)15(21)20(12-10-11-18-23(8,9)22)14-13-19(7)17(4,5)6/h8,10-14H2,1-7,9H3,(H,18,22). The molecule has 138 valence electrons. The van der Waals surface area contributed by atoms with E-state index >= 15 is 0 Å². The van der Waals surface area contributed by atoms with Crippen molar-refractivity contribution in [3.8, 4) is 0 Å². The van der Waals surface area contributed by atoms with Crippen LogP contribution in [0.3, 0.4) is 0 Å². The Balaban J connectivity index is 4.68. The van der Waals surface area contributed by atoms with Crippen LogP contribution >= 0.6 is 0 Å². The number of nitrogens with zero attached hydrogens (tertiary/aromatic N) is 2. The summed E-state index contributed by atoms with van der Waals surface area (Å²) < 4.78 is 14.5. The molecule has 0 spiro atoms. The van der Waals surface area contributed by atoms with Crippen LogP contribution in [0.2, 0.25) is 0 Å². The lowest BCUT2D eigenvalue weighted by molar-refractivity contribution is -0.139. The smallest absolute Gasteiger partial charge is 0.227 e. The number of amides is 1. The second-order valence-electron chi connectivity index (χ2n) is 8.39. The van der Waals surface area contributed by atoms with Gasteiger partial charge in [0, 0.05) is 53.1 Å². The molecule has 0 heterocycles. The number of carbonyl (C=O) groups excluding carboxylic acids is 1. The lowest BCUT2D eigenvalue weighted by Gasteiger charge is -2.35.